The molecule has 0 amide bonds. The molecule has 5 rings (SSSR count). The molecule has 4 aromatic heterocycles. The number of hydrogen-bond acceptors (Lipinski definition) is 7. The first kappa shape index (κ1) is 15.7. The second-order valence-electron chi connectivity index (χ2n) is 5.97. The molecule has 0 atom stereocenters. The van der Waals surface area contributed by atoms with E-state index in [1.165, 1.54) is 17.4 Å². The first-order valence-electron chi connectivity index (χ1n) is 8.15. The van der Waals surface area contributed by atoms with Crippen LogP contribution in [-0.2, 0) is 0 Å². The van der Waals surface area contributed by atoms with Crippen LogP contribution in [0.25, 0.3) is 27.2 Å². The molecule has 132 valence electrons. The molecule has 0 spiro atoms. The zero-order valence-corrected chi connectivity index (χ0v) is 14.9. The summed E-state index contributed by atoms with van der Waals surface area (Å²) in [6.07, 6.45) is 5.31. The maximum absolute atomic E-state index is 11.6. The Hall–Kier alpha value is -3.52. The molecule has 0 fully saturated rings. The minimum atomic E-state index is -0.382. The minimum Gasteiger partial charge on any atom is -0.430 e. The number of pyridine rings is 1. The first-order chi connectivity index (χ1) is 13.2. The molecule has 0 bridgehead atoms. The zero-order valence-electron chi connectivity index (χ0n) is 14.1. The molecule has 5 aromatic rings. The molecular weight excluding hydrogens is 364 g/mol. The van der Waals surface area contributed by atoms with E-state index in [-0.39, 0.29) is 5.63 Å². The zero-order chi connectivity index (χ0) is 18.4. The fourth-order valence-corrected chi connectivity index (χ4v) is 3.60. The maximum atomic E-state index is 11.6. The van der Waals surface area contributed by atoms with Gasteiger partial charge in [-0.3, -0.25) is 4.98 Å². The van der Waals surface area contributed by atoms with E-state index in [1.807, 2.05) is 37.4 Å². The van der Waals surface area contributed by atoms with Gasteiger partial charge in [0.15, 0.2) is 0 Å². The van der Waals surface area contributed by atoms with Crippen LogP contribution >= 0.6 is 11.3 Å². The monoisotopic (exact) mass is 376 g/mol. The van der Waals surface area contributed by atoms with Crippen molar-refractivity contribution in [1.82, 2.24) is 19.6 Å². The van der Waals surface area contributed by atoms with Crippen molar-refractivity contribution in [2.45, 2.75) is 6.92 Å². The Kier molecular flexibility index (Phi) is 3.51. The van der Waals surface area contributed by atoms with E-state index in [4.69, 9.17) is 9.15 Å². The molecule has 0 radical (unpaired) electrons. The smallest absolute Gasteiger partial charge is 0.336 e. The predicted octanol–water partition coefficient (Wildman–Crippen LogP) is 4.06. The molecule has 1 aromatic carbocycles. The van der Waals surface area contributed by atoms with Crippen LogP contribution in [0.4, 0.5) is 0 Å². The fraction of sp³-hybridized carbons (Fsp3) is 0.0526. The molecule has 0 aliphatic heterocycles. The summed E-state index contributed by atoms with van der Waals surface area (Å²) in [5, 5.41) is 5.73. The number of hydrogen-bond donors (Lipinski definition) is 0. The highest BCUT2D eigenvalue weighted by Crippen LogP contribution is 2.30. The lowest BCUT2D eigenvalue weighted by atomic mass is 10.1. The number of nitrogens with zero attached hydrogens (tertiary/aromatic N) is 4. The molecule has 27 heavy (non-hydrogen) atoms. The van der Waals surface area contributed by atoms with Gasteiger partial charge in [0, 0.05) is 35.5 Å². The van der Waals surface area contributed by atoms with Crippen LogP contribution in [0.1, 0.15) is 5.56 Å². The first-order valence-corrected chi connectivity index (χ1v) is 8.96. The van der Waals surface area contributed by atoms with Crippen molar-refractivity contribution in [1.29, 1.82) is 0 Å². The van der Waals surface area contributed by atoms with Gasteiger partial charge in [-0.25, -0.2) is 14.3 Å². The lowest BCUT2D eigenvalue weighted by Crippen LogP contribution is -1.97. The van der Waals surface area contributed by atoms with E-state index >= 15 is 0 Å². The number of ether oxygens (including phenoxy) is 1. The van der Waals surface area contributed by atoms with Gasteiger partial charge in [-0.15, -0.1) is 5.10 Å². The lowest BCUT2D eigenvalue weighted by molar-refractivity contribution is 0.468. The maximum Gasteiger partial charge on any atom is 0.336 e. The summed E-state index contributed by atoms with van der Waals surface area (Å²) >= 11 is 1.33. The molecule has 0 aliphatic carbocycles. The molecule has 0 saturated heterocycles. The van der Waals surface area contributed by atoms with E-state index in [0.717, 1.165) is 22.2 Å². The van der Waals surface area contributed by atoms with Crippen molar-refractivity contribution < 1.29 is 9.15 Å². The molecule has 4 heterocycles. The summed E-state index contributed by atoms with van der Waals surface area (Å²) in [6.45, 7) is 1.87. The van der Waals surface area contributed by atoms with Gasteiger partial charge in [0.05, 0.1) is 11.9 Å². The third-order valence-corrected chi connectivity index (χ3v) is 4.91. The number of aryl methyl sites for hydroxylation is 1. The number of fused-ring (bicyclic) bond motifs is 2. The molecule has 8 heteroatoms. The van der Waals surface area contributed by atoms with Crippen LogP contribution in [-0.4, -0.2) is 19.6 Å². The molecule has 0 N–H and O–H groups in total. The van der Waals surface area contributed by atoms with Crippen molar-refractivity contribution in [3.8, 4) is 22.2 Å². The standard InChI is InChI=1S/C19H12N4O3S/c1-11-7-17(24)26-16-8-13(4-5-14(11)16)25-19-22-23-10-15(21-18(23)27-19)12-3-2-6-20-9-12/h2-10H,1H3. The van der Waals surface area contributed by atoms with E-state index in [0.29, 0.717) is 21.5 Å². The highest BCUT2D eigenvalue weighted by Gasteiger charge is 2.12. The summed E-state index contributed by atoms with van der Waals surface area (Å²) in [6, 6.07) is 10.7. The summed E-state index contributed by atoms with van der Waals surface area (Å²) in [5.74, 6) is 0.542. The summed E-state index contributed by atoms with van der Waals surface area (Å²) < 4.78 is 12.8. The number of rotatable bonds is 3. The summed E-state index contributed by atoms with van der Waals surface area (Å²) in [7, 11) is 0. The third-order valence-electron chi connectivity index (χ3n) is 4.11. The number of aromatic nitrogens is 4. The van der Waals surface area contributed by atoms with E-state index in [1.54, 1.807) is 23.0 Å². The third kappa shape index (κ3) is 2.85. The summed E-state index contributed by atoms with van der Waals surface area (Å²) in [4.78, 5) is 20.9. The van der Waals surface area contributed by atoms with Gasteiger partial charge in [0.25, 0.3) is 5.19 Å². The van der Waals surface area contributed by atoms with Gasteiger partial charge in [-0.05, 0) is 48.1 Å². The predicted molar refractivity (Wildman–Crippen MR) is 101 cm³/mol. The van der Waals surface area contributed by atoms with Crippen molar-refractivity contribution in [2.75, 3.05) is 0 Å². The van der Waals surface area contributed by atoms with Gasteiger partial charge in [-0.2, -0.15) is 0 Å². The average Bonchev–Trinajstić information content (AvgIpc) is 3.20. The Morgan fingerprint density at radius 3 is 2.96 bits per heavy atom. The normalized spacial score (nSPS) is 11.3. The number of benzene rings is 1. The Morgan fingerprint density at radius 2 is 2.15 bits per heavy atom. The van der Waals surface area contributed by atoms with Crippen molar-refractivity contribution in [3.63, 3.8) is 0 Å². The second kappa shape index (κ2) is 6.03. The Morgan fingerprint density at radius 1 is 1.22 bits per heavy atom. The van der Waals surface area contributed by atoms with Crippen molar-refractivity contribution in [2.24, 2.45) is 0 Å². The molecule has 0 unspecified atom stereocenters. The van der Waals surface area contributed by atoms with Crippen molar-refractivity contribution in [3.05, 3.63) is 71.0 Å². The Labute approximate surface area is 156 Å². The topological polar surface area (TPSA) is 82.5 Å². The van der Waals surface area contributed by atoms with Crippen molar-refractivity contribution >= 4 is 27.3 Å². The van der Waals surface area contributed by atoms with E-state index < -0.39 is 0 Å². The largest absolute Gasteiger partial charge is 0.430 e. The Balaban J connectivity index is 1.47. The van der Waals surface area contributed by atoms with Crippen LogP contribution in [0.3, 0.4) is 0 Å². The molecule has 0 aliphatic rings. The quantitative estimate of drug-likeness (QED) is 0.442. The van der Waals surface area contributed by atoms with Crippen LogP contribution in [0, 0.1) is 6.92 Å². The van der Waals surface area contributed by atoms with Gasteiger partial charge in [-0.1, -0.05) is 0 Å². The van der Waals surface area contributed by atoms with Gasteiger partial charge in [0.2, 0.25) is 4.96 Å². The molecule has 0 saturated carbocycles. The van der Waals surface area contributed by atoms with Crippen LogP contribution < -0.4 is 10.4 Å². The minimum absolute atomic E-state index is 0.382. The average molecular weight is 376 g/mol. The van der Waals surface area contributed by atoms with Crippen LogP contribution in [0.15, 0.2) is 64.2 Å². The molecule has 7 nitrogen and oxygen atoms in total. The molecular formula is C19H12N4O3S. The Bertz CT molecular complexity index is 1310. The fourth-order valence-electron chi connectivity index (χ4n) is 2.85. The number of imidazole rings is 1. The van der Waals surface area contributed by atoms with Crippen LogP contribution in [0.2, 0.25) is 0 Å². The highest BCUT2D eigenvalue weighted by atomic mass is 32.1. The van der Waals surface area contributed by atoms with E-state index in [2.05, 4.69) is 15.1 Å². The van der Waals surface area contributed by atoms with Gasteiger partial charge < -0.3 is 9.15 Å². The SMILES string of the molecule is Cc1cc(=O)oc2cc(Oc3nn4cc(-c5cccnc5)nc4s3)ccc12. The second-order valence-corrected chi connectivity index (χ2v) is 6.89. The lowest BCUT2D eigenvalue weighted by Gasteiger charge is -2.04. The van der Waals surface area contributed by atoms with Gasteiger partial charge in [0.1, 0.15) is 11.3 Å². The van der Waals surface area contributed by atoms with Gasteiger partial charge >= 0.3 is 5.63 Å². The highest BCUT2D eigenvalue weighted by molar-refractivity contribution is 7.18. The van der Waals surface area contributed by atoms with E-state index in [9.17, 15) is 4.79 Å². The van der Waals surface area contributed by atoms with Crippen LogP contribution in [0.5, 0.6) is 10.9 Å². The summed E-state index contributed by atoms with van der Waals surface area (Å²) in [5.41, 5.74) is 2.70.